The SMILES string of the molecule is CCOc1ccc(C(N)CC2CCNCC2)cc1OC. The molecule has 20 heavy (non-hydrogen) atoms. The van der Waals surface area contributed by atoms with Gasteiger partial charge in [0, 0.05) is 6.04 Å². The highest BCUT2D eigenvalue weighted by molar-refractivity contribution is 5.43. The van der Waals surface area contributed by atoms with E-state index in [1.807, 2.05) is 19.1 Å². The van der Waals surface area contributed by atoms with Crippen molar-refractivity contribution in [2.45, 2.75) is 32.2 Å². The number of hydrogen-bond donors (Lipinski definition) is 2. The van der Waals surface area contributed by atoms with Gasteiger partial charge in [0.1, 0.15) is 0 Å². The number of hydrogen-bond acceptors (Lipinski definition) is 4. The van der Waals surface area contributed by atoms with Crippen molar-refractivity contribution >= 4 is 0 Å². The van der Waals surface area contributed by atoms with Crippen LogP contribution in [0.4, 0.5) is 0 Å². The highest BCUT2D eigenvalue weighted by atomic mass is 16.5. The number of methoxy groups -OCH3 is 1. The topological polar surface area (TPSA) is 56.5 Å². The van der Waals surface area contributed by atoms with Crippen LogP contribution >= 0.6 is 0 Å². The molecule has 1 aromatic carbocycles. The molecule has 0 saturated carbocycles. The summed E-state index contributed by atoms with van der Waals surface area (Å²) in [6, 6.07) is 6.10. The van der Waals surface area contributed by atoms with Gasteiger partial charge in [-0.25, -0.2) is 0 Å². The molecule has 4 heteroatoms. The van der Waals surface area contributed by atoms with Crippen LogP contribution in [0.15, 0.2) is 18.2 Å². The van der Waals surface area contributed by atoms with Crippen molar-refractivity contribution in [3.8, 4) is 11.5 Å². The molecule has 1 unspecified atom stereocenters. The lowest BCUT2D eigenvalue weighted by Crippen LogP contribution is -2.29. The van der Waals surface area contributed by atoms with E-state index in [1.54, 1.807) is 7.11 Å². The maximum Gasteiger partial charge on any atom is 0.161 e. The Morgan fingerprint density at radius 2 is 2.05 bits per heavy atom. The Kier molecular flexibility index (Phi) is 5.68. The van der Waals surface area contributed by atoms with Crippen molar-refractivity contribution < 1.29 is 9.47 Å². The number of ether oxygens (including phenoxy) is 2. The van der Waals surface area contributed by atoms with Gasteiger partial charge in [-0.15, -0.1) is 0 Å². The molecule has 1 aromatic rings. The minimum absolute atomic E-state index is 0.0719. The standard InChI is InChI=1S/C16H26N2O2/c1-3-20-15-5-4-13(11-16(15)19-2)14(17)10-12-6-8-18-9-7-12/h4-5,11-12,14,18H,3,6-10,17H2,1-2H3. The van der Waals surface area contributed by atoms with Crippen LogP contribution in [0.25, 0.3) is 0 Å². The van der Waals surface area contributed by atoms with E-state index in [1.165, 1.54) is 12.8 Å². The molecule has 0 aromatic heterocycles. The van der Waals surface area contributed by atoms with E-state index in [0.717, 1.165) is 42.5 Å². The van der Waals surface area contributed by atoms with Gasteiger partial charge in [-0.05, 0) is 62.9 Å². The smallest absolute Gasteiger partial charge is 0.161 e. The second kappa shape index (κ2) is 7.50. The molecule has 1 heterocycles. The first kappa shape index (κ1) is 15.1. The Hall–Kier alpha value is -1.26. The van der Waals surface area contributed by atoms with Crippen LogP contribution in [-0.4, -0.2) is 26.8 Å². The van der Waals surface area contributed by atoms with Gasteiger partial charge in [0.25, 0.3) is 0 Å². The van der Waals surface area contributed by atoms with Gasteiger partial charge < -0.3 is 20.5 Å². The van der Waals surface area contributed by atoms with Crippen LogP contribution < -0.4 is 20.5 Å². The number of piperidine rings is 1. The van der Waals surface area contributed by atoms with Gasteiger partial charge in [0.2, 0.25) is 0 Å². The summed E-state index contributed by atoms with van der Waals surface area (Å²) in [4.78, 5) is 0. The van der Waals surface area contributed by atoms with E-state index in [-0.39, 0.29) is 6.04 Å². The highest BCUT2D eigenvalue weighted by Gasteiger charge is 2.18. The van der Waals surface area contributed by atoms with E-state index >= 15 is 0 Å². The molecule has 0 bridgehead atoms. The van der Waals surface area contributed by atoms with E-state index in [2.05, 4.69) is 11.4 Å². The molecule has 0 aliphatic carbocycles. The molecular weight excluding hydrogens is 252 g/mol. The Labute approximate surface area is 121 Å². The molecule has 1 fully saturated rings. The second-order valence-electron chi connectivity index (χ2n) is 5.38. The summed E-state index contributed by atoms with van der Waals surface area (Å²) in [6.45, 7) is 4.83. The lowest BCUT2D eigenvalue weighted by atomic mass is 9.89. The fourth-order valence-corrected chi connectivity index (χ4v) is 2.80. The van der Waals surface area contributed by atoms with Gasteiger partial charge >= 0.3 is 0 Å². The van der Waals surface area contributed by atoms with E-state index in [0.29, 0.717) is 6.61 Å². The van der Waals surface area contributed by atoms with Crippen molar-refractivity contribution in [1.82, 2.24) is 5.32 Å². The van der Waals surface area contributed by atoms with Gasteiger partial charge in [-0.2, -0.15) is 0 Å². The van der Waals surface area contributed by atoms with Crippen LogP contribution in [0, 0.1) is 5.92 Å². The fourth-order valence-electron chi connectivity index (χ4n) is 2.80. The zero-order chi connectivity index (χ0) is 14.4. The summed E-state index contributed by atoms with van der Waals surface area (Å²) in [5.74, 6) is 2.28. The number of nitrogens with one attached hydrogen (secondary N) is 1. The van der Waals surface area contributed by atoms with Crippen molar-refractivity contribution in [3.05, 3.63) is 23.8 Å². The second-order valence-corrected chi connectivity index (χ2v) is 5.38. The van der Waals surface area contributed by atoms with Crippen molar-refractivity contribution in [2.24, 2.45) is 11.7 Å². The van der Waals surface area contributed by atoms with E-state index in [9.17, 15) is 0 Å². The number of benzene rings is 1. The largest absolute Gasteiger partial charge is 0.493 e. The predicted octanol–water partition coefficient (Wildman–Crippen LogP) is 2.48. The zero-order valence-electron chi connectivity index (χ0n) is 12.5. The summed E-state index contributed by atoms with van der Waals surface area (Å²) in [7, 11) is 1.67. The van der Waals surface area contributed by atoms with Crippen molar-refractivity contribution in [3.63, 3.8) is 0 Å². The van der Waals surface area contributed by atoms with E-state index in [4.69, 9.17) is 15.2 Å². The molecule has 0 amide bonds. The molecule has 0 spiro atoms. The molecule has 1 aliphatic rings. The highest BCUT2D eigenvalue weighted by Crippen LogP contribution is 2.32. The third-order valence-corrected chi connectivity index (χ3v) is 3.96. The minimum Gasteiger partial charge on any atom is -0.493 e. The lowest BCUT2D eigenvalue weighted by molar-refractivity contribution is 0.309. The monoisotopic (exact) mass is 278 g/mol. The molecule has 4 nitrogen and oxygen atoms in total. The summed E-state index contributed by atoms with van der Waals surface area (Å²) in [5, 5.41) is 3.39. The molecular formula is C16H26N2O2. The van der Waals surface area contributed by atoms with Gasteiger partial charge in [0.15, 0.2) is 11.5 Å². The third kappa shape index (κ3) is 3.87. The van der Waals surface area contributed by atoms with Crippen LogP contribution in [-0.2, 0) is 0 Å². The molecule has 1 aliphatic heterocycles. The molecule has 1 saturated heterocycles. The predicted molar refractivity (Wildman–Crippen MR) is 81.3 cm³/mol. The van der Waals surface area contributed by atoms with Crippen LogP contribution in [0.3, 0.4) is 0 Å². The molecule has 2 rings (SSSR count). The molecule has 1 atom stereocenters. The minimum atomic E-state index is 0.0719. The van der Waals surface area contributed by atoms with Gasteiger partial charge in [0.05, 0.1) is 13.7 Å². The molecule has 3 N–H and O–H groups in total. The molecule has 112 valence electrons. The Bertz CT molecular complexity index is 417. The summed E-state index contributed by atoms with van der Waals surface area (Å²) in [5.41, 5.74) is 7.49. The Morgan fingerprint density at radius 1 is 1.30 bits per heavy atom. The summed E-state index contributed by atoms with van der Waals surface area (Å²) >= 11 is 0. The quantitative estimate of drug-likeness (QED) is 0.839. The Balaban J connectivity index is 2.03. The van der Waals surface area contributed by atoms with E-state index < -0.39 is 0 Å². The third-order valence-electron chi connectivity index (χ3n) is 3.96. The van der Waals surface area contributed by atoms with Crippen LogP contribution in [0.1, 0.15) is 37.8 Å². The zero-order valence-corrected chi connectivity index (χ0v) is 12.5. The maximum absolute atomic E-state index is 6.36. The first-order valence-electron chi connectivity index (χ1n) is 7.51. The first-order chi connectivity index (χ1) is 9.74. The van der Waals surface area contributed by atoms with Gasteiger partial charge in [-0.3, -0.25) is 0 Å². The van der Waals surface area contributed by atoms with Crippen LogP contribution in [0.5, 0.6) is 11.5 Å². The average molecular weight is 278 g/mol. The normalized spacial score (nSPS) is 17.8. The fraction of sp³-hybridized carbons (Fsp3) is 0.625. The van der Waals surface area contributed by atoms with Gasteiger partial charge in [-0.1, -0.05) is 6.07 Å². The summed E-state index contributed by atoms with van der Waals surface area (Å²) in [6.07, 6.45) is 3.49. The number of nitrogens with two attached hydrogens (primary N) is 1. The van der Waals surface area contributed by atoms with Crippen molar-refractivity contribution in [1.29, 1.82) is 0 Å². The molecule has 0 radical (unpaired) electrons. The average Bonchev–Trinajstić information content (AvgIpc) is 2.49. The van der Waals surface area contributed by atoms with Crippen molar-refractivity contribution in [2.75, 3.05) is 26.8 Å². The lowest BCUT2D eigenvalue weighted by Gasteiger charge is -2.25. The Morgan fingerprint density at radius 3 is 2.70 bits per heavy atom. The van der Waals surface area contributed by atoms with Crippen LogP contribution in [0.2, 0.25) is 0 Å². The summed E-state index contributed by atoms with van der Waals surface area (Å²) < 4.78 is 10.9. The first-order valence-corrected chi connectivity index (χ1v) is 7.51. The maximum atomic E-state index is 6.36. The number of rotatable bonds is 6.